The number of guanidine groups is 1. The van der Waals surface area contributed by atoms with E-state index < -0.39 is 0 Å². The van der Waals surface area contributed by atoms with Gasteiger partial charge >= 0.3 is 0 Å². The topological polar surface area (TPSA) is 112 Å². The van der Waals surface area contributed by atoms with Crippen molar-refractivity contribution in [1.82, 2.24) is 10.6 Å². The monoisotopic (exact) mass is 324 g/mol. The lowest BCUT2D eigenvalue weighted by Gasteiger charge is -2.13. The predicted octanol–water partition coefficient (Wildman–Crippen LogP) is 2.44. The Bertz CT molecular complexity index is 341. The average Bonchev–Trinajstić information content (AvgIpc) is 3.38. The van der Waals surface area contributed by atoms with Crippen molar-refractivity contribution < 1.29 is 0 Å². The van der Waals surface area contributed by atoms with Gasteiger partial charge in [0.2, 0.25) is 0 Å². The van der Waals surface area contributed by atoms with Gasteiger partial charge in [-0.1, -0.05) is 46.6 Å². The highest BCUT2D eigenvalue weighted by Crippen LogP contribution is 2.14. The molecular formula is C17H36N6. The molecule has 6 nitrogen and oxygen atoms in total. The molecule has 1 unspecified atom stereocenters. The van der Waals surface area contributed by atoms with Crippen LogP contribution in [0, 0.1) is 17.4 Å². The van der Waals surface area contributed by atoms with Gasteiger partial charge in [0.05, 0.1) is 0 Å². The molecule has 1 aliphatic rings. The normalized spacial score (nSPS) is 13.3. The van der Waals surface area contributed by atoms with Crippen molar-refractivity contribution in [1.29, 1.82) is 5.26 Å². The summed E-state index contributed by atoms with van der Waals surface area (Å²) in [6.07, 6.45) is 8.93. The second-order valence-electron chi connectivity index (χ2n) is 5.33. The van der Waals surface area contributed by atoms with Crippen LogP contribution < -0.4 is 22.1 Å². The van der Waals surface area contributed by atoms with Gasteiger partial charge in [-0.15, -0.1) is 0 Å². The zero-order chi connectivity index (χ0) is 17.9. The summed E-state index contributed by atoms with van der Waals surface area (Å²) in [5, 5.41) is 14.0. The molecular weight excluding hydrogens is 288 g/mol. The number of nitriles is 1. The molecule has 0 aliphatic heterocycles. The standard InChI is InChI=1S/C12H24N6.C3H6.C2H6/c1-10(8-11(2)18-9-14)4-7-17-12(15)16-6-3-5-13;1-2-3-1;1-2/h10,18H,2-8,13H2,1H3,(H3,15,16,17);1-3H2;1-2H3. The van der Waals surface area contributed by atoms with E-state index in [1.54, 1.807) is 0 Å². The average molecular weight is 325 g/mol. The Morgan fingerprint density at radius 2 is 1.96 bits per heavy atom. The Labute approximate surface area is 142 Å². The van der Waals surface area contributed by atoms with Crippen molar-refractivity contribution in [3.05, 3.63) is 12.3 Å². The van der Waals surface area contributed by atoms with Crippen LogP contribution in [0.25, 0.3) is 0 Å². The third kappa shape index (κ3) is 22.7. The lowest BCUT2D eigenvalue weighted by molar-refractivity contribution is 0.515. The van der Waals surface area contributed by atoms with E-state index in [-0.39, 0.29) is 0 Å². The van der Waals surface area contributed by atoms with Gasteiger partial charge in [0, 0.05) is 18.8 Å². The van der Waals surface area contributed by atoms with Crippen molar-refractivity contribution in [2.45, 2.75) is 59.3 Å². The smallest absolute Gasteiger partial charge is 0.188 e. The lowest BCUT2D eigenvalue weighted by Crippen LogP contribution is -2.33. The van der Waals surface area contributed by atoms with Crippen LogP contribution in [0.4, 0.5) is 0 Å². The molecule has 1 saturated carbocycles. The quantitative estimate of drug-likeness (QED) is 0.171. The van der Waals surface area contributed by atoms with Crippen LogP contribution in [0.5, 0.6) is 0 Å². The molecule has 6 heteroatoms. The first-order chi connectivity index (χ1) is 11.1. The predicted molar refractivity (Wildman–Crippen MR) is 99.6 cm³/mol. The number of aliphatic imine (C=N–C) groups is 1. The molecule has 0 saturated heterocycles. The van der Waals surface area contributed by atoms with Crippen molar-refractivity contribution in [2.75, 3.05) is 19.6 Å². The summed E-state index contributed by atoms with van der Waals surface area (Å²) in [4.78, 5) is 4.13. The highest BCUT2D eigenvalue weighted by Gasteiger charge is 2.04. The number of nitrogens with zero attached hydrogens (tertiary/aromatic N) is 2. The minimum Gasteiger partial charge on any atom is -0.370 e. The molecule has 0 aromatic carbocycles. The molecule has 6 N–H and O–H groups in total. The second kappa shape index (κ2) is 18.3. The van der Waals surface area contributed by atoms with Gasteiger partial charge in [-0.25, -0.2) is 0 Å². The first-order valence-electron chi connectivity index (χ1n) is 8.66. The molecule has 0 aromatic rings. The van der Waals surface area contributed by atoms with Gasteiger partial charge in [-0.3, -0.25) is 10.3 Å². The van der Waals surface area contributed by atoms with Gasteiger partial charge in [0.1, 0.15) is 0 Å². The summed E-state index contributed by atoms with van der Waals surface area (Å²) >= 11 is 0. The third-order valence-electron chi connectivity index (χ3n) is 2.77. The Hall–Kier alpha value is -1.74. The third-order valence-corrected chi connectivity index (χ3v) is 2.77. The van der Waals surface area contributed by atoms with Crippen LogP contribution >= 0.6 is 0 Å². The Morgan fingerprint density at radius 3 is 2.43 bits per heavy atom. The first-order valence-corrected chi connectivity index (χ1v) is 8.66. The molecule has 23 heavy (non-hydrogen) atoms. The van der Waals surface area contributed by atoms with E-state index in [1.807, 2.05) is 20.0 Å². The fraction of sp³-hybridized carbons (Fsp3) is 0.765. The largest absolute Gasteiger partial charge is 0.370 e. The fourth-order valence-electron chi connectivity index (χ4n) is 1.45. The number of hydrogen-bond acceptors (Lipinski definition) is 4. The van der Waals surface area contributed by atoms with Gasteiger partial charge in [0.25, 0.3) is 0 Å². The number of nitrogens with one attached hydrogen (secondary N) is 2. The highest BCUT2D eigenvalue weighted by atomic mass is 15.1. The molecule has 0 amide bonds. The van der Waals surface area contributed by atoms with Crippen molar-refractivity contribution in [2.24, 2.45) is 22.4 Å². The SMILES string of the molecule is C1CC1.C=C(CC(C)CCNC(N)=NCCCN)NC#N.CC. The highest BCUT2D eigenvalue weighted by molar-refractivity contribution is 5.77. The maximum absolute atomic E-state index is 8.43. The van der Waals surface area contributed by atoms with Crippen LogP contribution in [0.1, 0.15) is 59.3 Å². The van der Waals surface area contributed by atoms with Gasteiger partial charge in [-0.05, 0) is 31.7 Å². The molecule has 1 aliphatic carbocycles. The Kier molecular flexibility index (Phi) is 18.7. The summed E-state index contributed by atoms with van der Waals surface area (Å²) in [6, 6.07) is 0. The molecule has 0 aromatic heterocycles. The summed E-state index contributed by atoms with van der Waals surface area (Å²) in [7, 11) is 0. The number of nitrogens with two attached hydrogens (primary N) is 2. The number of rotatable bonds is 9. The van der Waals surface area contributed by atoms with E-state index >= 15 is 0 Å². The van der Waals surface area contributed by atoms with E-state index in [4.69, 9.17) is 16.7 Å². The number of allylic oxidation sites excluding steroid dienone is 1. The Balaban J connectivity index is 0. The van der Waals surface area contributed by atoms with E-state index in [9.17, 15) is 0 Å². The molecule has 0 heterocycles. The first kappa shape index (κ1) is 23.5. The zero-order valence-electron chi connectivity index (χ0n) is 15.2. The molecule has 0 spiro atoms. The van der Waals surface area contributed by atoms with E-state index in [1.165, 1.54) is 19.3 Å². The van der Waals surface area contributed by atoms with Gasteiger partial charge in [0.15, 0.2) is 12.2 Å². The van der Waals surface area contributed by atoms with Crippen molar-refractivity contribution in [3.63, 3.8) is 0 Å². The fourth-order valence-corrected chi connectivity index (χ4v) is 1.45. The maximum atomic E-state index is 8.43. The van der Waals surface area contributed by atoms with Gasteiger partial charge in [-0.2, -0.15) is 5.26 Å². The summed E-state index contributed by atoms with van der Waals surface area (Å²) < 4.78 is 0. The molecule has 1 fully saturated rings. The zero-order valence-corrected chi connectivity index (χ0v) is 15.2. The van der Waals surface area contributed by atoms with Crippen molar-refractivity contribution >= 4 is 5.96 Å². The lowest BCUT2D eigenvalue weighted by atomic mass is 10.0. The van der Waals surface area contributed by atoms with E-state index in [0.29, 0.717) is 25.0 Å². The van der Waals surface area contributed by atoms with E-state index in [2.05, 4.69) is 29.1 Å². The Morgan fingerprint density at radius 1 is 1.35 bits per heavy atom. The molecule has 1 atom stereocenters. The van der Waals surface area contributed by atoms with E-state index in [0.717, 1.165) is 31.5 Å². The second-order valence-corrected chi connectivity index (χ2v) is 5.33. The summed E-state index contributed by atoms with van der Waals surface area (Å²) in [6.45, 7) is 11.9. The molecule has 0 radical (unpaired) electrons. The minimum absolute atomic E-state index is 0.433. The molecule has 0 bridgehead atoms. The molecule has 134 valence electrons. The van der Waals surface area contributed by atoms with Crippen LogP contribution in [-0.2, 0) is 0 Å². The summed E-state index contributed by atoms with van der Waals surface area (Å²) in [5.74, 6) is 0.896. The van der Waals surface area contributed by atoms with Crippen LogP contribution in [0.2, 0.25) is 0 Å². The summed E-state index contributed by atoms with van der Waals surface area (Å²) in [5.41, 5.74) is 11.8. The number of hydrogen-bond donors (Lipinski definition) is 4. The maximum Gasteiger partial charge on any atom is 0.188 e. The molecule has 1 rings (SSSR count). The van der Waals surface area contributed by atoms with Crippen LogP contribution in [0.3, 0.4) is 0 Å². The van der Waals surface area contributed by atoms with Crippen LogP contribution in [0.15, 0.2) is 17.3 Å². The van der Waals surface area contributed by atoms with Gasteiger partial charge < -0.3 is 16.8 Å². The van der Waals surface area contributed by atoms with Crippen LogP contribution in [-0.4, -0.2) is 25.6 Å². The van der Waals surface area contributed by atoms with Crippen molar-refractivity contribution in [3.8, 4) is 6.19 Å². The minimum atomic E-state index is 0.433.